The molecule has 0 fully saturated rings. The molecule has 0 spiro atoms. The molecule has 0 aliphatic carbocycles. The van der Waals surface area contributed by atoms with Crippen molar-refractivity contribution in [1.82, 2.24) is 9.97 Å². The number of nitrogens with zero attached hydrogens (tertiary/aromatic N) is 2. The van der Waals surface area contributed by atoms with Crippen LogP contribution in [0.2, 0.25) is 0 Å². The topological polar surface area (TPSA) is 78.1 Å². The van der Waals surface area contributed by atoms with Crippen molar-refractivity contribution in [3.05, 3.63) is 41.9 Å². The molecule has 19 heavy (non-hydrogen) atoms. The molecule has 0 unspecified atom stereocenters. The number of nitrogens with two attached hydrogens (primary N) is 1. The van der Waals surface area contributed by atoms with Crippen LogP contribution < -0.4 is 10.5 Å². The third-order valence-electron chi connectivity index (χ3n) is 3.08. The molecule has 0 saturated carbocycles. The largest absolute Gasteiger partial charge is 0.493 e. The SMILES string of the molecule is NC(=O)c1nccc(-c2ccc3c(c2)CCCO3)n1. The first kappa shape index (κ1) is 11.6. The van der Waals surface area contributed by atoms with Gasteiger partial charge in [-0.15, -0.1) is 0 Å². The average molecular weight is 255 g/mol. The zero-order valence-electron chi connectivity index (χ0n) is 10.3. The number of rotatable bonds is 2. The second-order valence-corrected chi connectivity index (χ2v) is 4.40. The van der Waals surface area contributed by atoms with Gasteiger partial charge in [-0.1, -0.05) is 0 Å². The number of primary amides is 1. The van der Waals surface area contributed by atoms with Crippen molar-refractivity contribution >= 4 is 5.91 Å². The number of ether oxygens (including phenoxy) is 1. The van der Waals surface area contributed by atoms with E-state index in [1.807, 2.05) is 18.2 Å². The van der Waals surface area contributed by atoms with Gasteiger partial charge in [-0.2, -0.15) is 0 Å². The van der Waals surface area contributed by atoms with Crippen LogP contribution in [0.4, 0.5) is 0 Å². The number of amides is 1. The first-order chi connectivity index (χ1) is 9.24. The Morgan fingerprint density at radius 3 is 3.05 bits per heavy atom. The smallest absolute Gasteiger partial charge is 0.286 e. The van der Waals surface area contributed by atoms with E-state index >= 15 is 0 Å². The van der Waals surface area contributed by atoms with Gasteiger partial charge in [0, 0.05) is 11.8 Å². The molecule has 0 atom stereocenters. The molecule has 1 aromatic carbocycles. The van der Waals surface area contributed by atoms with Gasteiger partial charge in [-0.05, 0) is 42.7 Å². The van der Waals surface area contributed by atoms with E-state index in [-0.39, 0.29) is 5.82 Å². The van der Waals surface area contributed by atoms with Gasteiger partial charge in [0.2, 0.25) is 5.82 Å². The Morgan fingerprint density at radius 2 is 2.21 bits per heavy atom. The summed E-state index contributed by atoms with van der Waals surface area (Å²) >= 11 is 0. The number of benzene rings is 1. The van der Waals surface area contributed by atoms with Crippen molar-refractivity contribution in [3.8, 4) is 17.0 Å². The lowest BCUT2D eigenvalue weighted by Crippen LogP contribution is -2.15. The molecule has 2 aromatic rings. The van der Waals surface area contributed by atoms with Crippen molar-refractivity contribution in [1.29, 1.82) is 0 Å². The van der Waals surface area contributed by atoms with Crippen molar-refractivity contribution in [2.24, 2.45) is 5.73 Å². The fraction of sp³-hybridized carbons (Fsp3) is 0.214. The molecule has 0 bridgehead atoms. The van der Waals surface area contributed by atoms with E-state index in [0.717, 1.165) is 30.8 Å². The van der Waals surface area contributed by atoms with Crippen molar-refractivity contribution in [2.75, 3.05) is 6.61 Å². The molecule has 1 aliphatic heterocycles. The van der Waals surface area contributed by atoms with E-state index in [1.165, 1.54) is 5.56 Å². The minimum Gasteiger partial charge on any atom is -0.493 e. The van der Waals surface area contributed by atoms with Crippen LogP contribution >= 0.6 is 0 Å². The lowest BCUT2D eigenvalue weighted by atomic mass is 10.0. The summed E-state index contributed by atoms with van der Waals surface area (Å²) in [5.41, 5.74) is 7.99. The Hall–Kier alpha value is -2.43. The van der Waals surface area contributed by atoms with Crippen LogP contribution in [-0.4, -0.2) is 22.5 Å². The molecule has 5 nitrogen and oxygen atoms in total. The summed E-state index contributed by atoms with van der Waals surface area (Å²) in [7, 11) is 0. The quantitative estimate of drug-likeness (QED) is 0.883. The standard InChI is InChI=1S/C14H13N3O2/c15-13(18)14-16-6-5-11(17-14)9-3-4-12-10(8-9)2-1-7-19-12/h3-6,8H,1-2,7H2,(H2,15,18). The van der Waals surface area contributed by atoms with E-state index in [0.29, 0.717) is 5.69 Å². The molecule has 96 valence electrons. The van der Waals surface area contributed by atoms with Gasteiger partial charge in [-0.3, -0.25) is 4.79 Å². The highest BCUT2D eigenvalue weighted by Crippen LogP contribution is 2.29. The number of hydrogen-bond donors (Lipinski definition) is 1. The summed E-state index contributed by atoms with van der Waals surface area (Å²) in [6.07, 6.45) is 3.56. The molecule has 1 aromatic heterocycles. The van der Waals surface area contributed by atoms with Crippen molar-refractivity contribution in [3.63, 3.8) is 0 Å². The fourth-order valence-electron chi connectivity index (χ4n) is 2.16. The van der Waals surface area contributed by atoms with Crippen molar-refractivity contribution in [2.45, 2.75) is 12.8 Å². The average Bonchev–Trinajstić information content (AvgIpc) is 2.47. The van der Waals surface area contributed by atoms with Gasteiger partial charge >= 0.3 is 0 Å². The Labute approximate surface area is 110 Å². The Balaban J connectivity index is 2.02. The Morgan fingerprint density at radius 1 is 1.32 bits per heavy atom. The van der Waals surface area contributed by atoms with Crippen LogP contribution in [0.5, 0.6) is 5.75 Å². The van der Waals surface area contributed by atoms with Gasteiger partial charge in [0.1, 0.15) is 5.75 Å². The van der Waals surface area contributed by atoms with Gasteiger partial charge < -0.3 is 10.5 Å². The van der Waals surface area contributed by atoms with Crippen LogP contribution in [-0.2, 0) is 6.42 Å². The molecule has 0 saturated heterocycles. The molecule has 2 heterocycles. The number of aromatic nitrogens is 2. The predicted molar refractivity (Wildman–Crippen MR) is 69.8 cm³/mol. The second-order valence-electron chi connectivity index (χ2n) is 4.40. The third kappa shape index (κ3) is 2.27. The molecular formula is C14H13N3O2. The van der Waals surface area contributed by atoms with Crippen LogP contribution in [0.15, 0.2) is 30.5 Å². The summed E-state index contributed by atoms with van der Waals surface area (Å²) in [5, 5.41) is 0. The molecule has 1 amide bonds. The fourth-order valence-corrected chi connectivity index (χ4v) is 2.16. The Kier molecular flexibility index (Phi) is 2.87. The van der Waals surface area contributed by atoms with Gasteiger partial charge in [0.25, 0.3) is 5.91 Å². The number of carbonyl (C=O) groups is 1. The van der Waals surface area contributed by atoms with E-state index in [9.17, 15) is 4.79 Å². The monoisotopic (exact) mass is 255 g/mol. The highest BCUT2D eigenvalue weighted by Gasteiger charge is 2.12. The summed E-state index contributed by atoms with van der Waals surface area (Å²) in [6, 6.07) is 7.67. The van der Waals surface area contributed by atoms with E-state index in [2.05, 4.69) is 9.97 Å². The normalized spacial score (nSPS) is 13.5. The van der Waals surface area contributed by atoms with Crippen molar-refractivity contribution < 1.29 is 9.53 Å². The van der Waals surface area contributed by atoms with Crippen LogP contribution in [0, 0.1) is 0 Å². The molecule has 0 radical (unpaired) electrons. The van der Waals surface area contributed by atoms with Gasteiger partial charge in [0.15, 0.2) is 0 Å². The maximum absolute atomic E-state index is 11.1. The maximum atomic E-state index is 11.1. The summed E-state index contributed by atoms with van der Waals surface area (Å²) in [6.45, 7) is 0.770. The van der Waals surface area contributed by atoms with Gasteiger partial charge in [-0.25, -0.2) is 9.97 Å². The lowest BCUT2D eigenvalue weighted by Gasteiger charge is -2.17. The first-order valence-electron chi connectivity index (χ1n) is 6.13. The number of aryl methyl sites for hydroxylation is 1. The second kappa shape index (κ2) is 4.68. The minimum atomic E-state index is -0.622. The lowest BCUT2D eigenvalue weighted by molar-refractivity contribution is 0.0990. The molecule has 2 N–H and O–H groups in total. The molecule has 3 rings (SSSR count). The summed E-state index contributed by atoms with van der Waals surface area (Å²) in [5.74, 6) is 0.341. The molecular weight excluding hydrogens is 242 g/mol. The van der Waals surface area contributed by atoms with E-state index in [4.69, 9.17) is 10.5 Å². The van der Waals surface area contributed by atoms with Gasteiger partial charge in [0.05, 0.1) is 12.3 Å². The van der Waals surface area contributed by atoms with E-state index < -0.39 is 5.91 Å². The third-order valence-corrected chi connectivity index (χ3v) is 3.08. The summed E-state index contributed by atoms with van der Waals surface area (Å²) in [4.78, 5) is 19.1. The zero-order valence-corrected chi connectivity index (χ0v) is 10.3. The highest BCUT2D eigenvalue weighted by atomic mass is 16.5. The van der Waals surface area contributed by atoms with E-state index in [1.54, 1.807) is 12.3 Å². The zero-order chi connectivity index (χ0) is 13.2. The predicted octanol–water partition coefficient (Wildman–Crippen LogP) is 1.57. The number of carbonyl (C=O) groups excluding carboxylic acids is 1. The van der Waals surface area contributed by atoms with Crippen LogP contribution in [0.3, 0.4) is 0 Å². The van der Waals surface area contributed by atoms with Crippen LogP contribution in [0.1, 0.15) is 22.6 Å². The molecule has 1 aliphatic rings. The van der Waals surface area contributed by atoms with Crippen LogP contribution in [0.25, 0.3) is 11.3 Å². The minimum absolute atomic E-state index is 0.0338. The maximum Gasteiger partial charge on any atom is 0.286 e. The Bertz CT molecular complexity index is 640. The summed E-state index contributed by atoms with van der Waals surface area (Å²) < 4.78 is 5.57. The molecule has 5 heteroatoms. The first-order valence-corrected chi connectivity index (χ1v) is 6.13. The number of fused-ring (bicyclic) bond motifs is 1. The number of hydrogen-bond acceptors (Lipinski definition) is 4. The highest BCUT2D eigenvalue weighted by molar-refractivity contribution is 5.89.